The van der Waals surface area contributed by atoms with Gasteiger partial charge in [0.05, 0.1) is 6.54 Å². The lowest BCUT2D eigenvalue weighted by molar-refractivity contribution is -0.127. The smallest absolute Gasteiger partial charge is 0.355 e. The molecule has 3 rings (SSSR count). The minimum absolute atomic E-state index is 0.00577. The van der Waals surface area contributed by atoms with Crippen LogP contribution in [0.25, 0.3) is 0 Å². The number of benzene rings is 1. The van der Waals surface area contributed by atoms with E-state index in [9.17, 15) is 9.59 Å². The second-order valence-electron chi connectivity index (χ2n) is 4.57. The summed E-state index contributed by atoms with van der Waals surface area (Å²) in [5.74, 6) is -0.559. The van der Waals surface area contributed by atoms with Gasteiger partial charge in [-0.05, 0) is 11.6 Å². The van der Waals surface area contributed by atoms with Crippen LogP contribution in [0, 0.1) is 0 Å². The van der Waals surface area contributed by atoms with Crippen LogP contribution in [-0.4, -0.2) is 28.1 Å². The highest BCUT2D eigenvalue weighted by molar-refractivity contribution is 7.09. The first-order valence-electron chi connectivity index (χ1n) is 6.33. The molecule has 2 heterocycles. The number of thiazole rings is 1. The summed E-state index contributed by atoms with van der Waals surface area (Å²) in [7, 11) is 0. The molecule has 21 heavy (non-hydrogen) atoms. The maximum Gasteiger partial charge on any atom is 0.355 e. The standard InChI is InChI=1S/C14H12N2O4S/c17-13(11-5-8-3-1-2-4-10(8)20-11)15-6-12-16-9(7-21-12)14(18)19/h1-4,7,11H,5-6H2,(H,15,17)(H,18,19)/t11-/m0/s1. The Morgan fingerprint density at radius 2 is 2.24 bits per heavy atom. The molecule has 1 atom stereocenters. The SMILES string of the molecule is O=C(O)c1csc(CNC(=O)[C@@H]2Cc3ccccc3O2)n1. The number of amides is 1. The van der Waals surface area contributed by atoms with Crippen molar-refractivity contribution < 1.29 is 19.4 Å². The molecule has 0 unspecified atom stereocenters. The first kappa shape index (κ1) is 13.6. The largest absolute Gasteiger partial charge is 0.480 e. The Bertz CT molecular complexity index is 673. The predicted molar refractivity (Wildman–Crippen MR) is 75.5 cm³/mol. The number of nitrogens with one attached hydrogen (secondary N) is 1. The summed E-state index contributed by atoms with van der Waals surface area (Å²) < 4.78 is 5.58. The van der Waals surface area contributed by atoms with Gasteiger partial charge >= 0.3 is 5.97 Å². The van der Waals surface area contributed by atoms with Crippen LogP contribution in [-0.2, 0) is 17.8 Å². The molecule has 0 bridgehead atoms. The molecule has 0 saturated heterocycles. The van der Waals surface area contributed by atoms with E-state index >= 15 is 0 Å². The topological polar surface area (TPSA) is 88.5 Å². The molecule has 0 spiro atoms. The summed E-state index contributed by atoms with van der Waals surface area (Å²) in [5, 5.41) is 13.5. The molecule has 0 saturated carbocycles. The van der Waals surface area contributed by atoms with Crippen LogP contribution in [0.5, 0.6) is 5.75 Å². The molecule has 6 nitrogen and oxygen atoms in total. The zero-order valence-electron chi connectivity index (χ0n) is 10.9. The third-order valence-electron chi connectivity index (χ3n) is 3.12. The average Bonchev–Trinajstić information content (AvgIpc) is 3.11. The summed E-state index contributed by atoms with van der Waals surface area (Å²) in [6.45, 7) is 0.201. The highest BCUT2D eigenvalue weighted by Gasteiger charge is 2.28. The van der Waals surface area contributed by atoms with Crippen LogP contribution in [0.2, 0.25) is 0 Å². The van der Waals surface area contributed by atoms with Crippen LogP contribution in [0.4, 0.5) is 0 Å². The Morgan fingerprint density at radius 3 is 2.95 bits per heavy atom. The van der Waals surface area contributed by atoms with Gasteiger partial charge in [-0.15, -0.1) is 11.3 Å². The van der Waals surface area contributed by atoms with E-state index in [-0.39, 0.29) is 18.1 Å². The van der Waals surface area contributed by atoms with Gasteiger partial charge in [-0.25, -0.2) is 9.78 Å². The zero-order valence-corrected chi connectivity index (χ0v) is 11.7. The first-order valence-corrected chi connectivity index (χ1v) is 7.21. The van der Waals surface area contributed by atoms with Crippen molar-refractivity contribution in [1.29, 1.82) is 0 Å². The van der Waals surface area contributed by atoms with E-state index < -0.39 is 12.1 Å². The summed E-state index contributed by atoms with van der Waals surface area (Å²) in [4.78, 5) is 26.7. The lowest BCUT2D eigenvalue weighted by Crippen LogP contribution is -2.37. The monoisotopic (exact) mass is 304 g/mol. The Balaban J connectivity index is 1.57. The van der Waals surface area contributed by atoms with E-state index in [4.69, 9.17) is 9.84 Å². The number of carbonyl (C=O) groups is 2. The Hall–Kier alpha value is -2.41. The molecule has 1 aromatic carbocycles. The second-order valence-corrected chi connectivity index (χ2v) is 5.51. The van der Waals surface area contributed by atoms with E-state index in [0.717, 1.165) is 11.3 Å². The number of carboxylic acid groups (broad SMARTS) is 1. The Kier molecular flexibility index (Phi) is 3.57. The normalized spacial score (nSPS) is 16.1. The number of hydrogen-bond donors (Lipinski definition) is 2. The van der Waals surface area contributed by atoms with E-state index in [2.05, 4.69) is 10.3 Å². The number of aromatic carboxylic acids is 1. The molecule has 1 aliphatic rings. The number of carboxylic acids is 1. The third-order valence-corrected chi connectivity index (χ3v) is 3.97. The quantitative estimate of drug-likeness (QED) is 0.892. The predicted octanol–water partition coefficient (Wildman–Crippen LogP) is 1.46. The fourth-order valence-electron chi connectivity index (χ4n) is 2.10. The van der Waals surface area contributed by atoms with Gasteiger partial charge in [-0.1, -0.05) is 18.2 Å². The maximum absolute atomic E-state index is 12.1. The molecule has 2 N–H and O–H groups in total. The molecular formula is C14H12N2O4S. The third kappa shape index (κ3) is 2.87. The molecule has 1 amide bonds. The van der Waals surface area contributed by atoms with Crippen molar-refractivity contribution in [3.05, 3.63) is 45.9 Å². The molecular weight excluding hydrogens is 292 g/mol. The number of carbonyl (C=O) groups excluding carboxylic acids is 1. The van der Waals surface area contributed by atoms with Gasteiger partial charge in [0.25, 0.3) is 5.91 Å². The van der Waals surface area contributed by atoms with Crippen LogP contribution in [0.3, 0.4) is 0 Å². The fourth-order valence-corrected chi connectivity index (χ4v) is 2.80. The number of fused-ring (bicyclic) bond motifs is 1. The van der Waals surface area contributed by atoms with E-state index in [0.29, 0.717) is 11.4 Å². The number of para-hydroxylation sites is 1. The minimum atomic E-state index is -1.07. The lowest BCUT2D eigenvalue weighted by Gasteiger charge is -2.10. The van der Waals surface area contributed by atoms with Gasteiger partial charge < -0.3 is 15.2 Å². The molecule has 108 valence electrons. The maximum atomic E-state index is 12.1. The van der Waals surface area contributed by atoms with Crippen LogP contribution in [0.1, 0.15) is 21.1 Å². The molecule has 0 radical (unpaired) electrons. The lowest BCUT2D eigenvalue weighted by atomic mass is 10.1. The van der Waals surface area contributed by atoms with Crippen molar-refractivity contribution in [2.75, 3.05) is 0 Å². The van der Waals surface area contributed by atoms with Crippen molar-refractivity contribution in [2.24, 2.45) is 0 Å². The molecule has 1 aliphatic heterocycles. The van der Waals surface area contributed by atoms with Crippen LogP contribution in [0.15, 0.2) is 29.6 Å². The van der Waals surface area contributed by atoms with E-state index in [1.54, 1.807) is 0 Å². The van der Waals surface area contributed by atoms with Crippen LogP contribution >= 0.6 is 11.3 Å². The van der Waals surface area contributed by atoms with Crippen molar-refractivity contribution in [3.8, 4) is 5.75 Å². The van der Waals surface area contributed by atoms with E-state index in [1.807, 2.05) is 24.3 Å². The molecule has 2 aromatic rings. The number of ether oxygens (including phenoxy) is 1. The van der Waals surface area contributed by atoms with Crippen molar-refractivity contribution >= 4 is 23.2 Å². The van der Waals surface area contributed by atoms with Crippen molar-refractivity contribution in [1.82, 2.24) is 10.3 Å². The van der Waals surface area contributed by atoms with Gasteiger partial charge in [0, 0.05) is 11.8 Å². The van der Waals surface area contributed by atoms with Gasteiger partial charge in [0.15, 0.2) is 11.8 Å². The zero-order chi connectivity index (χ0) is 14.8. The van der Waals surface area contributed by atoms with E-state index in [1.165, 1.54) is 16.7 Å². The summed E-state index contributed by atoms with van der Waals surface area (Å²) in [6.07, 6.45) is 0.00146. The van der Waals surface area contributed by atoms with Gasteiger partial charge in [-0.2, -0.15) is 0 Å². The average molecular weight is 304 g/mol. The van der Waals surface area contributed by atoms with Crippen molar-refractivity contribution in [2.45, 2.75) is 19.1 Å². The number of nitrogens with zero attached hydrogens (tertiary/aromatic N) is 1. The molecule has 7 heteroatoms. The second kappa shape index (κ2) is 5.53. The highest BCUT2D eigenvalue weighted by atomic mass is 32.1. The minimum Gasteiger partial charge on any atom is -0.480 e. The van der Waals surface area contributed by atoms with Gasteiger partial charge in [0.2, 0.25) is 0 Å². The first-order chi connectivity index (χ1) is 10.1. The molecule has 0 fully saturated rings. The summed E-state index contributed by atoms with van der Waals surface area (Å²) in [6, 6.07) is 7.54. The molecule has 0 aliphatic carbocycles. The fraction of sp³-hybridized carbons (Fsp3) is 0.214. The summed E-state index contributed by atoms with van der Waals surface area (Å²) in [5.41, 5.74) is 1.01. The van der Waals surface area contributed by atoms with Crippen LogP contribution < -0.4 is 10.1 Å². The Labute approximate surface area is 124 Å². The number of hydrogen-bond acceptors (Lipinski definition) is 5. The summed E-state index contributed by atoms with van der Waals surface area (Å²) >= 11 is 1.20. The number of aromatic nitrogens is 1. The van der Waals surface area contributed by atoms with Gasteiger partial charge in [-0.3, -0.25) is 4.79 Å². The van der Waals surface area contributed by atoms with Crippen molar-refractivity contribution in [3.63, 3.8) is 0 Å². The molecule has 1 aromatic heterocycles. The highest BCUT2D eigenvalue weighted by Crippen LogP contribution is 2.28. The van der Waals surface area contributed by atoms with Gasteiger partial charge in [0.1, 0.15) is 10.8 Å². The Morgan fingerprint density at radius 1 is 1.43 bits per heavy atom. The number of rotatable bonds is 4.